The van der Waals surface area contributed by atoms with E-state index in [0.29, 0.717) is 6.61 Å². The molecule has 2 fully saturated rings. The van der Waals surface area contributed by atoms with E-state index >= 15 is 0 Å². The zero-order valence-electron chi connectivity index (χ0n) is 11.2. The van der Waals surface area contributed by atoms with Gasteiger partial charge in [0.2, 0.25) is 0 Å². The van der Waals surface area contributed by atoms with Gasteiger partial charge in [-0.25, -0.2) is 0 Å². The van der Waals surface area contributed by atoms with Crippen molar-refractivity contribution in [3.8, 4) is 11.5 Å². The van der Waals surface area contributed by atoms with Crippen LogP contribution in [0.2, 0.25) is 19.6 Å². The maximum absolute atomic E-state index is 12.0. The monoisotopic (exact) mass is 251 g/mol. The lowest BCUT2D eigenvalue weighted by Gasteiger charge is -2.21. The minimum atomic E-state index is -1.37. The fourth-order valence-electron chi connectivity index (χ4n) is 2.66. The highest BCUT2D eigenvalue weighted by Crippen LogP contribution is 2.43. The molecule has 0 aliphatic carbocycles. The number of hydrogen-bond donors (Lipinski definition) is 0. The lowest BCUT2D eigenvalue weighted by molar-refractivity contribution is -0.146. The topological polar surface area (TPSA) is 29.5 Å². The molecule has 0 aromatic rings. The molecule has 2 saturated heterocycles. The minimum absolute atomic E-state index is 0.0308. The van der Waals surface area contributed by atoms with Crippen LogP contribution < -0.4 is 0 Å². The van der Waals surface area contributed by atoms with Crippen LogP contribution in [0, 0.1) is 22.8 Å². The molecule has 1 spiro atoms. The summed E-state index contributed by atoms with van der Waals surface area (Å²) in [5, 5.41) is 0. The molecule has 0 N–H and O–H groups in total. The second kappa shape index (κ2) is 4.15. The summed E-state index contributed by atoms with van der Waals surface area (Å²) in [5.74, 6) is 3.51. The molecule has 0 saturated carbocycles. The molecule has 0 bridgehead atoms. The van der Waals surface area contributed by atoms with Gasteiger partial charge >= 0.3 is 5.97 Å². The fraction of sp³-hybridized carbons (Fsp3) is 0.769. The molecule has 0 aromatic heterocycles. The SMILES string of the molecule is CN1C[C@H](C#C[Si](C)(C)C)[C@@]2(CCOC2=O)C1. The number of hydrogen-bond acceptors (Lipinski definition) is 3. The van der Waals surface area contributed by atoms with Crippen LogP contribution in [0.3, 0.4) is 0 Å². The first-order valence-electron chi connectivity index (χ1n) is 6.22. The quantitative estimate of drug-likeness (QED) is 0.370. The van der Waals surface area contributed by atoms with Crippen LogP contribution in [0.25, 0.3) is 0 Å². The highest BCUT2D eigenvalue weighted by Gasteiger charge is 2.54. The first-order chi connectivity index (χ1) is 7.83. The Hall–Kier alpha value is -0.793. The molecule has 0 amide bonds. The summed E-state index contributed by atoms with van der Waals surface area (Å²) in [6.45, 7) is 8.97. The van der Waals surface area contributed by atoms with Gasteiger partial charge in [-0.2, -0.15) is 0 Å². The molecule has 0 aromatic carbocycles. The molecule has 2 aliphatic heterocycles. The van der Waals surface area contributed by atoms with Gasteiger partial charge in [-0.3, -0.25) is 4.79 Å². The molecule has 94 valence electrons. The number of ether oxygens (including phenoxy) is 1. The molecule has 17 heavy (non-hydrogen) atoms. The number of cyclic esters (lactones) is 1. The van der Waals surface area contributed by atoms with Crippen LogP contribution >= 0.6 is 0 Å². The highest BCUT2D eigenvalue weighted by atomic mass is 28.3. The standard InChI is InChI=1S/C13H21NO2Si/c1-14-9-11(5-8-17(2,3)4)13(10-14)6-7-16-12(13)15/h11H,6-7,9-10H2,1-4H3/t11-,13+/m0/s1. The Bertz CT molecular complexity index is 390. The molecule has 2 heterocycles. The van der Waals surface area contributed by atoms with E-state index in [4.69, 9.17) is 4.74 Å². The third-order valence-corrected chi connectivity index (χ3v) is 4.42. The fourth-order valence-corrected chi connectivity index (χ4v) is 3.27. The average molecular weight is 251 g/mol. The number of esters is 1. The molecule has 4 heteroatoms. The summed E-state index contributed by atoms with van der Waals surface area (Å²) >= 11 is 0. The van der Waals surface area contributed by atoms with Crippen molar-refractivity contribution in [2.75, 3.05) is 26.7 Å². The number of carbonyl (C=O) groups excluding carboxylic acids is 1. The third kappa shape index (κ3) is 2.41. The molecule has 2 rings (SSSR count). The maximum atomic E-state index is 12.0. The van der Waals surface area contributed by atoms with E-state index in [1.807, 2.05) is 0 Å². The van der Waals surface area contributed by atoms with Crippen molar-refractivity contribution in [2.45, 2.75) is 26.1 Å². The molecule has 0 radical (unpaired) electrons. The highest BCUT2D eigenvalue weighted by molar-refractivity contribution is 6.83. The molecule has 2 atom stereocenters. The smallest absolute Gasteiger partial charge is 0.314 e. The van der Waals surface area contributed by atoms with Crippen molar-refractivity contribution < 1.29 is 9.53 Å². The Morgan fingerprint density at radius 1 is 1.47 bits per heavy atom. The van der Waals surface area contributed by atoms with Crippen LogP contribution in [0.5, 0.6) is 0 Å². The van der Waals surface area contributed by atoms with Gasteiger partial charge in [-0.15, -0.1) is 11.5 Å². The van der Waals surface area contributed by atoms with Gasteiger partial charge in [0.1, 0.15) is 8.07 Å². The first kappa shape index (κ1) is 12.7. The maximum Gasteiger partial charge on any atom is 0.314 e. The second-order valence-electron chi connectivity index (χ2n) is 6.31. The van der Waals surface area contributed by atoms with Crippen molar-refractivity contribution in [2.24, 2.45) is 11.3 Å². The number of rotatable bonds is 0. The van der Waals surface area contributed by atoms with E-state index in [0.717, 1.165) is 19.5 Å². The van der Waals surface area contributed by atoms with Crippen molar-refractivity contribution >= 4 is 14.0 Å². The molecular formula is C13H21NO2Si. The van der Waals surface area contributed by atoms with Gasteiger partial charge in [0, 0.05) is 25.4 Å². The van der Waals surface area contributed by atoms with Gasteiger partial charge < -0.3 is 9.64 Å². The number of likely N-dealkylation sites (tertiary alicyclic amines) is 1. The van der Waals surface area contributed by atoms with Gasteiger partial charge in [0.25, 0.3) is 0 Å². The van der Waals surface area contributed by atoms with Crippen LogP contribution in [-0.4, -0.2) is 45.7 Å². The molecule has 3 nitrogen and oxygen atoms in total. The first-order valence-corrected chi connectivity index (χ1v) is 9.72. The predicted molar refractivity (Wildman–Crippen MR) is 70.1 cm³/mol. The van der Waals surface area contributed by atoms with Gasteiger partial charge in [0.15, 0.2) is 0 Å². The summed E-state index contributed by atoms with van der Waals surface area (Å²) in [6.07, 6.45) is 0.835. The molecular weight excluding hydrogens is 230 g/mol. The summed E-state index contributed by atoms with van der Waals surface area (Å²) in [7, 11) is 0.691. The average Bonchev–Trinajstić information content (AvgIpc) is 2.69. The molecule has 2 aliphatic rings. The lowest BCUT2D eigenvalue weighted by atomic mass is 9.77. The summed E-state index contributed by atoms with van der Waals surface area (Å²) < 4.78 is 5.18. The largest absolute Gasteiger partial charge is 0.465 e. The minimum Gasteiger partial charge on any atom is -0.465 e. The Balaban J connectivity index is 2.25. The summed E-state index contributed by atoms with van der Waals surface area (Å²) in [4.78, 5) is 14.2. The van der Waals surface area contributed by atoms with Crippen molar-refractivity contribution in [3.05, 3.63) is 0 Å². The lowest BCUT2D eigenvalue weighted by Crippen LogP contribution is -2.34. The second-order valence-corrected chi connectivity index (χ2v) is 11.1. The van der Waals surface area contributed by atoms with Gasteiger partial charge in [-0.1, -0.05) is 19.6 Å². The number of nitrogens with zero attached hydrogens (tertiary/aromatic N) is 1. The van der Waals surface area contributed by atoms with E-state index in [1.165, 1.54) is 0 Å². The van der Waals surface area contributed by atoms with Crippen LogP contribution in [0.15, 0.2) is 0 Å². The van der Waals surface area contributed by atoms with Gasteiger partial charge in [0.05, 0.1) is 12.0 Å². The zero-order valence-corrected chi connectivity index (χ0v) is 12.2. The van der Waals surface area contributed by atoms with Crippen LogP contribution in [0.4, 0.5) is 0 Å². The Morgan fingerprint density at radius 3 is 2.71 bits per heavy atom. The van der Waals surface area contributed by atoms with E-state index in [9.17, 15) is 4.79 Å². The van der Waals surface area contributed by atoms with Crippen molar-refractivity contribution in [1.29, 1.82) is 0 Å². The zero-order chi connectivity index (χ0) is 12.7. The summed E-state index contributed by atoms with van der Waals surface area (Å²) in [6, 6.07) is 0. The van der Waals surface area contributed by atoms with Crippen molar-refractivity contribution in [1.82, 2.24) is 4.90 Å². The normalized spacial score (nSPS) is 33.6. The third-order valence-electron chi connectivity index (χ3n) is 3.52. The Labute approximate surface area is 105 Å². The van der Waals surface area contributed by atoms with Crippen molar-refractivity contribution in [3.63, 3.8) is 0 Å². The van der Waals surface area contributed by atoms with Crippen LogP contribution in [-0.2, 0) is 9.53 Å². The van der Waals surface area contributed by atoms with E-state index in [1.54, 1.807) is 0 Å². The predicted octanol–water partition coefficient (Wildman–Crippen LogP) is 1.36. The Morgan fingerprint density at radius 2 is 2.18 bits per heavy atom. The van der Waals surface area contributed by atoms with Crippen LogP contribution in [0.1, 0.15) is 6.42 Å². The summed E-state index contributed by atoms with van der Waals surface area (Å²) in [5.41, 5.74) is 3.08. The van der Waals surface area contributed by atoms with E-state index < -0.39 is 8.07 Å². The van der Waals surface area contributed by atoms with E-state index in [-0.39, 0.29) is 17.3 Å². The van der Waals surface area contributed by atoms with Gasteiger partial charge in [-0.05, 0) is 7.05 Å². The Kier molecular flexibility index (Phi) is 3.09. The van der Waals surface area contributed by atoms with E-state index in [2.05, 4.69) is 43.1 Å². The molecule has 0 unspecified atom stereocenters. The number of carbonyl (C=O) groups is 1.